The normalized spacial score (nSPS) is 12.2. The summed E-state index contributed by atoms with van der Waals surface area (Å²) in [4.78, 5) is 18.8. The summed E-state index contributed by atoms with van der Waals surface area (Å²) in [6.07, 6.45) is -3.56. The Kier molecular flexibility index (Phi) is 6.50. The third-order valence-electron chi connectivity index (χ3n) is 4.68. The number of halogens is 4. The summed E-state index contributed by atoms with van der Waals surface area (Å²) >= 11 is 1.68. The molecule has 0 atom stereocenters. The zero-order valence-electron chi connectivity index (χ0n) is 17.1. The molecule has 0 fully saturated rings. The van der Waals surface area contributed by atoms with Crippen LogP contribution in [0.5, 0.6) is 11.5 Å². The fraction of sp³-hybridized carbons (Fsp3) is 0.136. The Hall–Kier alpha value is -3.93. The number of nitrogens with one attached hydrogen (secondary N) is 1. The maximum Gasteiger partial charge on any atom is 0.490 e. The van der Waals surface area contributed by atoms with Crippen molar-refractivity contribution < 1.29 is 36.9 Å². The highest BCUT2D eigenvalue weighted by molar-refractivity contribution is 7.09. The molecule has 7 nitrogen and oxygen atoms in total. The first kappa shape index (κ1) is 23.2. The van der Waals surface area contributed by atoms with Gasteiger partial charge in [-0.05, 0) is 41.3 Å². The Morgan fingerprint density at radius 1 is 1.15 bits per heavy atom. The van der Waals surface area contributed by atoms with Crippen molar-refractivity contribution in [2.24, 2.45) is 0 Å². The van der Waals surface area contributed by atoms with E-state index in [0.29, 0.717) is 17.9 Å². The van der Waals surface area contributed by atoms with Gasteiger partial charge in [-0.3, -0.25) is 0 Å². The molecule has 1 aliphatic heterocycles. The van der Waals surface area contributed by atoms with E-state index in [-0.39, 0.29) is 12.5 Å². The van der Waals surface area contributed by atoms with Crippen LogP contribution in [0.1, 0.15) is 4.88 Å². The predicted octanol–water partition coefficient (Wildman–Crippen LogP) is 5.47. The van der Waals surface area contributed by atoms with Gasteiger partial charge in [0.2, 0.25) is 12.5 Å². The quantitative estimate of drug-likeness (QED) is 0.364. The lowest BCUT2D eigenvalue weighted by Gasteiger charge is -2.10. The molecule has 5 rings (SSSR count). The summed E-state index contributed by atoms with van der Waals surface area (Å²) < 4.78 is 57.1. The van der Waals surface area contributed by atoms with Gasteiger partial charge in [0.1, 0.15) is 12.1 Å². The van der Waals surface area contributed by atoms with Crippen LogP contribution in [0.4, 0.5) is 23.4 Å². The molecule has 0 bridgehead atoms. The first-order valence-corrected chi connectivity index (χ1v) is 10.5. The zero-order chi connectivity index (χ0) is 24.3. The van der Waals surface area contributed by atoms with Crippen molar-refractivity contribution in [3.05, 3.63) is 64.9 Å². The van der Waals surface area contributed by atoms with Crippen molar-refractivity contribution in [3.63, 3.8) is 0 Å². The van der Waals surface area contributed by atoms with Crippen LogP contribution in [0.3, 0.4) is 0 Å². The van der Waals surface area contributed by atoms with Gasteiger partial charge in [-0.2, -0.15) is 13.2 Å². The number of benzene rings is 2. The van der Waals surface area contributed by atoms with Gasteiger partial charge in [-0.1, -0.05) is 12.1 Å². The summed E-state index contributed by atoms with van der Waals surface area (Å²) in [6.45, 7) is 0.713. The monoisotopic (exact) mass is 493 g/mol. The van der Waals surface area contributed by atoms with Crippen molar-refractivity contribution >= 4 is 34.0 Å². The molecule has 0 radical (unpaired) electrons. The van der Waals surface area contributed by atoms with Crippen LogP contribution in [0.15, 0.2) is 54.2 Å². The molecule has 2 aromatic carbocycles. The standard InChI is InChI=1S/C20H14FN3O2S.C2HF3O2/c21-18-14(4-6-17-19(18)26-11-25-17)12-3-5-16-15(8-12)20(24-10-23-16)22-9-13-2-1-7-27-13;3-2(4,5)1(6)7/h1-8,10H,9,11H2,(H,22,23,24);(H,6,7). The number of ether oxygens (including phenoxy) is 2. The van der Waals surface area contributed by atoms with Gasteiger partial charge in [-0.15, -0.1) is 11.3 Å². The van der Waals surface area contributed by atoms with Gasteiger partial charge < -0.3 is 19.9 Å². The van der Waals surface area contributed by atoms with E-state index in [4.69, 9.17) is 19.4 Å². The molecule has 0 aliphatic carbocycles. The van der Waals surface area contributed by atoms with Crippen LogP contribution in [-0.4, -0.2) is 34.0 Å². The molecule has 3 heterocycles. The Bertz CT molecular complexity index is 1330. The van der Waals surface area contributed by atoms with Gasteiger partial charge >= 0.3 is 12.1 Å². The van der Waals surface area contributed by atoms with E-state index in [0.717, 1.165) is 22.3 Å². The minimum Gasteiger partial charge on any atom is -0.475 e. The van der Waals surface area contributed by atoms with Crippen LogP contribution in [0.2, 0.25) is 0 Å². The van der Waals surface area contributed by atoms with Gasteiger partial charge in [-0.25, -0.2) is 19.2 Å². The number of anilines is 1. The average Bonchev–Trinajstić information content (AvgIpc) is 3.50. The van der Waals surface area contributed by atoms with Crippen molar-refractivity contribution in [2.45, 2.75) is 12.7 Å². The molecule has 1 aliphatic rings. The number of carboxylic acid groups (broad SMARTS) is 1. The zero-order valence-corrected chi connectivity index (χ0v) is 17.9. The topological polar surface area (TPSA) is 93.6 Å². The lowest BCUT2D eigenvalue weighted by molar-refractivity contribution is -0.192. The second kappa shape index (κ2) is 9.51. The summed E-state index contributed by atoms with van der Waals surface area (Å²) in [7, 11) is 0. The maximum atomic E-state index is 14.8. The van der Waals surface area contributed by atoms with Gasteiger partial charge in [0, 0.05) is 15.8 Å². The Morgan fingerprint density at radius 3 is 2.65 bits per heavy atom. The number of thiophene rings is 1. The van der Waals surface area contributed by atoms with Crippen LogP contribution in [0.25, 0.3) is 22.0 Å². The number of hydrogen-bond donors (Lipinski definition) is 2. The number of carbonyl (C=O) groups is 1. The Labute approximate surface area is 193 Å². The summed E-state index contributed by atoms with van der Waals surface area (Å²) in [5.74, 6) is -1.87. The molecule has 176 valence electrons. The molecule has 0 saturated heterocycles. The lowest BCUT2D eigenvalue weighted by Crippen LogP contribution is -2.21. The van der Waals surface area contributed by atoms with Crippen LogP contribution >= 0.6 is 11.3 Å². The van der Waals surface area contributed by atoms with Crippen molar-refractivity contribution in [1.29, 1.82) is 0 Å². The summed E-state index contributed by atoms with van der Waals surface area (Å²) in [5, 5.41) is 13.3. The number of hydrogen-bond acceptors (Lipinski definition) is 7. The highest BCUT2D eigenvalue weighted by Crippen LogP contribution is 2.40. The third kappa shape index (κ3) is 5.01. The van der Waals surface area contributed by atoms with Crippen molar-refractivity contribution in [3.8, 4) is 22.6 Å². The van der Waals surface area contributed by atoms with E-state index in [9.17, 15) is 17.6 Å². The maximum absolute atomic E-state index is 14.8. The number of aliphatic carboxylic acids is 1. The second-order valence-corrected chi connectivity index (χ2v) is 7.88. The van der Waals surface area contributed by atoms with Crippen molar-refractivity contribution in [2.75, 3.05) is 12.1 Å². The molecule has 0 amide bonds. The van der Waals surface area contributed by atoms with E-state index in [1.165, 1.54) is 11.2 Å². The molecule has 4 aromatic rings. The SMILES string of the molecule is Fc1c(-c2ccc3ncnc(NCc4cccs4)c3c2)ccc2c1OCO2.O=C(O)C(F)(F)F. The molecular weight excluding hydrogens is 478 g/mol. The molecule has 34 heavy (non-hydrogen) atoms. The van der Waals surface area contributed by atoms with Gasteiger partial charge in [0.05, 0.1) is 12.1 Å². The van der Waals surface area contributed by atoms with E-state index in [1.807, 2.05) is 29.6 Å². The van der Waals surface area contributed by atoms with E-state index in [1.54, 1.807) is 23.5 Å². The first-order valence-electron chi connectivity index (χ1n) is 9.63. The molecule has 2 N–H and O–H groups in total. The smallest absolute Gasteiger partial charge is 0.475 e. The number of aromatic nitrogens is 2. The molecule has 2 aromatic heterocycles. The van der Waals surface area contributed by atoms with E-state index >= 15 is 0 Å². The average molecular weight is 493 g/mol. The minimum atomic E-state index is -5.08. The van der Waals surface area contributed by atoms with Gasteiger partial charge in [0.25, 0.3) is 0 Å². The Morgan fingerprint density at radius 2 is 1.94 bits per heavy atom. The fourth-order valence-corrected chi connectivity index (χ4v) is 3.75. The van der Waals surface area contributed by atoms with Crippen LogP contribution in [-0.2, 0) is 11.3 Å². The second-order valence-electron chi connectivity index (χ2n) is 6.85. The van der Waals surface area contributed by atoms with E-state index < -0.39 is 18.0 Å². The molecular formula is C22H15F4N3O4S. The van der Waals surface area contributed by atoms with Crippen LogP contribution in [0, 0.1) is 5.82 Å². The molecule has 12 heteroatoms. The largest absolute Gasteiger partial charge is 0.490 e. The molecule has 0 saturated carbocycles. The molecule has 0 spiro atoms. The molecule has 0 unspecified atom stereocenters. The summed E-state index contributed by atoms with van der Waals surface area (Å²) in [5.41, 5.74) is 1.98. The first-order chi connectivity index (χ1) is 16.2. The minimum absolute atomic E-state index is 0.0397. The number of alkyl halides is 3. The highest BCUT2D eigenvalue weighted by Gasteiger charge is 2.38. The number of fused-ring (bicyclic) bond motifs is 2. The Balaban J connectivity index is 0.000000344. The van der Waals surface area contributed by atoms with Crippen molar-refractivity contribution in [1.82, 2.24) is 9.97 Å². The number of nitrogens with zero attached hydrogens (tertiary/aromatic N) is 2. The van der Waals surface area contributed by atoms with E-state index in [2.05, 4.69) is 21.4 Å². The lowest BCUT2D eigenvalue weighted by atomic mass is 10.0. The van der Waals surface area contributed by atoms with Gasteiger partial charge in [0.15, 0.2) is 11.6 Å². The third-order valence-corrected chi connectivity index (χ3v) is 5.55. The predicted molar refractivity (Wildman–Crippen MR) is 116 cm³/mol. The number of rotatable bonds is 4. The number of carboxylic acids is 1. The van der Waals surface area contributed by atoms with Crippen LogP contribution < -0.4 is 14.8 Å². The fourth-order valence-electron chi connectivity index (χ4n) is 3.11. The highest BCUT2D eigenvalue weighted by atomic mass is 32.1. The summed E-state index contributed by atoms with van der Waals surface area (Å²) in [6, 6.07) is 13.1.